The number of carbonyl (C=O) groups excluding carboxylic acids is 1. The van der Waals surface area contributed by atoms with Gasteiger partial charge in [0.25, 0.3) is 0 Å². The molecule has 1 atom stereocenters. The maximum atomic E-state index is 13.1. The Kier molecular flexibility index (Phi) is 4.70. The first-order valence-electron chi connectivity index (χ1n) is 9.25. The fourth-order valence-electron chi connectivity index (χ4n) is 3.64. The predicted octanol–water partition coefficient (Wildman–Crippen LogP) is 2.16. The number of morpholine rings is 1. The van der Waals surface area contributed by atoms with Gasteiger partial charge < -0.3 is 19.7 Å². The van der Waals surface area contributed by atoms with Gasteiger partial charge in [0.15, 0.2) is 0 Å². The van der Waals surface area contributed by atoms with E-state index < -0.39 is 5.41 Å². The average Bonchev–Trinajstić information content (AvgIpc) is 3.07. The van der Waals surface area contributed by atoms with E-state index in [1.165, 1.54) is 0 Å². The van der Waals surface area contributed by atoms with Crippen molar-refractivity contribution in [2.45, 2.75) is 25.2 Å². The van der Waals surface area contributed by atoms with Crippen LogP contribution in [0.3, 0.4) is 0 Å². The minimum atomic E-state index is -0.667. The summed E-state index contributed by atoms with van der Waals surface area (Å²) in [7, 11) is 1.62. The second-order valence-corrected chi connectivity index (χ2v) is 7.16. The summed E-state index contributed by atoms with van der Waals surface area (Å²) in [4.78, 5) is 24.5. The molecule has 1 aromatic heterocycles. The Bertz CT molecular complexity index is 834. The number of aryl methyl sites for hydroxylation is 1. The molecule has 0 spiro atoms. The molecule has 1 aliphatic heterocycles. The third-order valence-corrected chi connectivity index (χ3v) is 5.41. The number of hydrogen-bond donors (Lipinski definition) is 1. The van der Waals surface area contributed by atoms with Crippen molar-refractivity contribution < 1.29 is 14.3 Å². The maximum absolute atomic E-state index is 13.1. The van der Waals surface area contributed by atoms with Crippen molar-refractivity contribution in [3.05, 3.63) is 41.7 Å². The van der Waals surface area contributed by atoms with Gasteiger partial charge >= 0.3 is 0 Å². The topological polar surface area (TPSA) is 76.6 Å². The summed E-state index contributed by atoms with van der Waals surface area (Å²) in [5, 5.41) is 3.03. The molecule has 0 radical (unpaired) electrons. The zero-order valence-corrected chi connectivity index (χ0v) is 15.7. The Morgan fingerprint density at radius 1 is 1.26 bits per heavy atom. The Hall–Kier alpha value is -2.67. The fourth-order valence-corrected chi connectivity index (χ4v) is 3.64. The van der Waals surface area contributed by atoms with Gasteiger partial charge in [0.2, 0.25) is 11.9 Å². The molecule has 0 bridgehead atoms. The molecule has 0 saturated carbocycles. The van der Waals surface area contributed by atoms with Crippen LogP contribution in [0, 0.1) is 0 Å². The van der Waals surface area contributed by atoms with Crippen molar-refractivity contribution in [1.29, 1.82) is 0 Å². The van der Waals surface area contributed by atoms with Crippen molar-refractivity contribution in [2.24, 2.45) is 0 Å². The van der Waals surface area contributed by atoms with E-state index in [0.29, 0.717) is 19.2 Å². The largest absolute Gasteiger partial charge is 0.497 e. The highest BCUT2D eigenvalue weighted by atomic mass is 16.5. The number of fused-ring (bicyclic) bond motifs is 1. The van der Waals surface area contributed by atoms with Crippen LogP contribution in [0.15, 0.2) is 30.5 Å². The highest BCUT2D eigenvalue weighted by molar-refractivity contribution is 5.99. The molecule has 1 aliphatic carbocycles. The van der Waals surface area contributed by atoms with Crippen molar-refractivity contribution in [3.8, 4) is 5.75 Å². The van der Waals surface area contributed by atoms with Crippen LogP contribution in [0.1, 0.15) is 24.6 Å². The first-order valence-corrected chi connectivity index (χ1v) is 9.25. The molecule has 1 unspecified atom stereocenters. The Labute approximate surface area is 158 Å². The number of ether oxygens (including phenoxy) is 2. The smallest absolute Gasteiger partial charge is 0.236 e. The normalized spacial score (nSPS) is 21.6. The van der Waals surface area contributed by atoms with Gasteiger partial charge in [0.05, 0.1) is 31.4 Å². The Morgan fingerprint density at radius 2 is 2.00 bits per heavy atom. The van der Waals surface area contributed by atoms with Gasteiger partial charge in [-0.05, 0) is 49.6 Å². The van der Waals surface area contributed by atoms with Gasteiger partial charge in [-0.2, -0.15) is 0 Å². The fraction of sp³-hybridized carbons (Fsp3) is 0.450. The molecule has 4 rings (SSSR count). The molecule has 1 saturated heterocycles. The molecule has 7 nitrogen and oxygen atoms in total. The van der Waals surface area contributed by atoms with Gasteiger partial charge in [-0.25, -0.2) is 9.97 Å². The summed E-state index contributed by atoms with van der Waals surface area (Å²) in [6.45, 7) is 4.86. The SMILES string of the molecule is COc1ccc(NC(=O)C2(C)CCc3cnc(N4CCOCC4)nc32)cc1. The summed E-state index contributed by atoms with van der Waals surface area (Å²) in [5.74, 6) is 1.40. The van der Waals surface area contributed by atoms with E-state index in [9.17, 15) is 4.79 Å². The molecule has 1 fully saturated rings. The number of nitrogens with zero attached hydrogens (tertiary/aromatic N) is 3. The summed E-state index contributed by atoms with van der Waals surface area (Å²) in [6.07, 6.45) is 3.41. The summed E-state index contributed by atoms with van der Waals surface area (Å²) in [5.41, 5.74) is 1.97. The molecule has 1 N–H and O–H groups in total. The van der Waals surface area contributed by atoms with Crippen molar-refractivity contribution in [2.75, 3.05) is 43.6 Å². The average molecular weight is 368 g/mol. The molecule has 142 valence electrons. The zero-order valence-electron chi connectivity index (χ0n) is 15.7. The Balaban J connectivity index is 1.57. The predicted molar refractivity (Wildman–Crippen MR) is 102 cm³/mol. The number of amides is 1. The van der Waals surface area contributed by atoms with Gasteiger partial charge in [-0.15, -0.1) is 0 Å². The number of hydrogen-bond acceptors (Lipinski definition) is 6. The van der Waals surface area contributed by atoms with Crippen LogP contribution in [0.5, 0.6) is 5.75 Å². The number of aromatic nitrogens is 2. The number of methoxy groups -OCH3 is 1. The molecule has 1 amide bonds. The first kappa shape index (κ1) is 17.7. The number of anilines is 2. The van der Waals surface area contributed by atoms with E-state index in [0.717, 1.165) is 48.6 Å². The highest BCUT2D eigenvalue weighted by Crippen LogP contribution is 2.39. The zero-order chi connectivity index (χ0) is 18.9. The minimum Gasteiger partial charge on any atom is -0.497 e. The first-order chi connectivity index (χ1) is 13.1. The molecule has 2 aliphatic rings. The van der Waals surface area contributed by atoms with Crippen LogP contribution in [0.2, 0.25) is 0 Å². The minimum absolute atomic E-state index is 0.0435. The molecular weight excluding hydrogens is 344 g/mol. The third kappa shape index (κ3) is 3.35. The van der Waals surface area contributed by atoms with Crippen LogP contribution < -0.4 is 15.0 Å². The van der Waals surface area contributed by atoms with E-state index in [1.807, 2.05) is 37.4 Å². The van der Waals surface area contributed by atoms with Gasteiger partial charge in [-0.3, -0.25) is 4.79 Å². The monoisotopic (exact) mass is 368 g/mol. The van der Waals surface area contributed by atoms with Crippen LogP contribution in [-0.2, 0) is 21.4 Å². The lowest BCUT2D eigenvalue weighted by molar-refractivity contribution is -0.121. The quantitative estimate of drug-likeness (QED) is 0.891. The van der Waals surface area contributed by atoms with Gasteiger partial charge in [0.1, 0.15) is 5.75 Å². The molecular formula is C20H24N4O3. The second kappa shape index (κ2) is 7.15. The number of rotatable bonds is 4. The standard InChI is InChI=1S/C20H24N4O3/c1-20(18(25)22-15-3-5-16(26-2)6-4-15)8-7-14-13-21-19(23-17(14)20)24-9-11-27-12-10-24/h3-6,13H,7-12H2,1-2H3,(H,22,25). The van der Waals surface area contributed by atoms with Gasteiger partial charge in [0, 0.05) is 25.0 Å². The molecule has 2 aromatic rings. The summed E-state index contributed by atoms with van der Waals surface area (Å²) < 4.78 is 10.6. The Morgan fingerprint density at radius 3 is 2.70 bits per heavy atom. The van der Waals surface area contributed by atoms with Crippen molar-refractivity contribution in [3.63, 3.8) is 0 Å². The van der Waals surface area contributed by atoms with Crippen molar-refractivity contribution >= 4 is 17.5 Å². The maximum Gasteiger partial charge on any atom is 0.236 e. The van der Waals surface area contributed by atoms with Gasteiger partial charge in [-0.1, -0.05) is 0 Å². The number of carbonyl (C=O) groups is 1. The highest BCUT2D eigenvalue weighted by Gasteiger charge is 2.43. The lowest BCUT2D eigenvalue weighted by Crippen LogP contribution is -2.39. The lowest BCUT2D eigenvalue weighted by Gasteiger charge is -2.28. The summed E-state index contributed by atoms with van der Waals surface area (Å²) in [6, 6.07) is 7.35. The number of benzene rings is 1. The van der Waals surface area contributed by atoms with E-state index in [1.54, 1.807) is 7.11 Å². The molecule has 1 aromatic carbocycles. The second-order valence-electron chi connectivity index (χ2n) is 7.16. The van der Waals surface area contributed by atoms with E-state index in [4.69, 9.17) is 14.5 Å². The van der Waals surface area contributed by atoms with E-state index in [2.05, 4.69) is 15.2 Å². The third-order valence-electron chi connectivity index (χ3n) is 5.41. The molecule has 7 heteroatoms. The van der Waals surface area contributed by atoms with Crippen molar-refractivity contribution in [1.82, 2.24) is 9.97 Å². The van der Waals surface area contributed by atoms with Crippen LogP contribution in [-0.4, -0.2) is 49.3 Å². The lowest BCUT2D eigenvalue weighted by atomic mass is 9.86. The molecule has 27 heavy (non-hydrogen) atoms. The van der Waals surface area contributed by atoms with Crippen LogP contribution in [0.25, 0.3) is 0 Å². The van der Waals surface area contributed by atoms with Crippen LogP contribution >= 0.6 is 0 Å². The number of nitrogens with one attached hydrogen (secondary N) is 1. The molecule has 2 heterocycles. The van der Waals surface area contributed by atoms with E-state index >= 15 is 0 Å². The van der Waals surface area contributed by atoms with Crippen LogP contribution in [0.4, 0.5) is 11.6 Å². The summed E-state index contributed by atoms with van der Waals surface area (Å²) >= 11 is 0. The van der Waals surface area contributed by atoms with E-state index in [-0.39, 0.29) is 5.91 Å².